The summed E-state index contributed by atoms with van der Waals surface area (Å²) >= 11 is 0. The number of carbonyl (C=O) groups excluding carboxylic acids is 1. The van der Waals surface area contributed by atoms with Crippen molar-refractivity contribution >= 4 is 17.1 Å². The van der Waals surface area contributed by atoms with E-state index in [4.69, 9.17) is 0 Å². The lowest BCUT2D eigenvalue weighted by molar-refractivity contribution is -0.117. The quantitative estimate of drug-likeness (QED) is 0.784. The Hall–Kier alpha value is -3.03. The Morgan fingerprint density at radius 2 is 2.04 bits per heavy atom. The molecule has 8 heteroatoms. The number of rotatable bonds is 3. The molecule has 2 heterocycles. The van der Waals surface area contributed by atoms with E-state index in [1.165, 1.54) is 29.0 Å². The molecule has 1 N–H and O–H groups in total. The number of carbonyl (C=O) groups is 1. The molecule has 7 nitrogen and oxygen atoms in total. The number of nitrogens with zero attached hydrogens (tertiary/aromatic N) is 4. The van der Waals surface area contributed by atoms with E-state index in [-0.39, 0.29) is 17.8 Å². The van der Waals surface area contributed by atoms with Crippen molar-refractivity contribution < 1.29 is 9.18 Å². The third kappa shape index (κ3) is 2.79. The highest BCUT2D eigenvalue weighted by molar-refractivity contribution is 5.90. The minimum absolute atomic E-state index is 0.0726. The monoisotopic (exact) mass is 341 g/mol. The van der Waals surface area contributed by atoms with E-state index in [0.717, 1.165) is 41.6 Å². The van der Waals surface area contributed by atoms with Crippen LogP contribution in [-0.4, -0.2) is 25.3 Å². The average molecular weight is 341 g/mol. The summed E-state index contributed by atoms with van der Waals surface area (Å²) in [5, 5.41) is 10.9. The molecule has 0 spiro atoms. The number of halogens is 1. The SMILES string of the molecule is O=C(Cn1ncn2nc3c(c2c1=O)CCCC3)Nc1ccccc1F. The molecule has 0 radical (unpaired) electrons. The van der Waals surface area contributed by atoms with Crippen LogP contribution in [0, 0.1) is 5.82 Å². The van der Waals surface area contributed by atoms with Gasteiger partial charge in [0.15, 0.2) is 0 Å². The Balaban J connectivity index is 1.63. The minimum atomic E-state index is -0.531. The lowest BCUT2D eigenvalue weighted by atomic mass is 9.97. The summed E-state index contributed by atoms with van der Waals surface area (Å²) in [5.74, 6) is -1.05. The maximum atomic E-state index is 13.6. The van der Waals surface area contributed by atoms with Crippen molar-refractivity contribution in [2.45, 2.75) is 32.2 Å². The Morgan fingerprint density at radius 1 is 1.24 bits per heavy atom. The van der Waals surface area contributed by atoms with Gasteiger partial charge in [-0.05, 0) is 37.8 Å². The second-order valence-electron chi connectivity index (χ2n) is 6.05. The highest BCUT2D eigenvalue weighted by Crippen LogP contribution is 2.22. The molecule has 4 rings (SSSR count). The molecule has 25 heavy (non-hydrogen) atoms. The third-order valence-electron chi connectivity index (χ3n) is 4.36. The fourth-order valence-corrected chi connectivity index (χ4v) is 3.17. The van der Waals surface area contributed by atoms with Crippen molar-refractivity contribution in [3.05, 3.63) is 58.0 Å². The maximum Gasteiger partial charge on any atom is 0.293 e. The van der Waals surface area contributed by atoms with Crippen LogP contribution in [0.1, 0.15) is 24.1 Å². The van der Waals surface area contributed by atoms with Crippen LogP contribution in [0.15, 0.2) is 35.4 Å². The number of benzene rings is 1. The number of aryl methyl sites for hydroxylation is 2. The first kappa shape index (κ1) is 15.5. The van der Waals surface area contributed by atoms with Gasteiger partial charge in [-0.25, -0.2) is 13.6 Å². The summed E-state index contributed by atoms with van der Waals surface area (Å²) in [5.41, 5.74) is 2.06. The van der Waals surface area contributed by atoms with Gasteiger partial charge in [-0.15, -0.1) is 0 Å². The molecule has 1 amide bonds. The molecule has 0 unspecified atom stereocenters. The lowest BCUT2D eigenvalue weighted by Crippen LogP contribution is -2.31. The molecule has 1 aliphatic rings. The predicted octanol–water partition coefficient (Wildman–Crippen LogP) is 1.55. The molecular formula is C17H16FN5O2. The fourth-order valence-electron chi connectivity index (χ4n) is 3.17. The Kier molecular flexibility index (Phi) is 3.79. The lowest BCUT2D eigenvalue weighted by Gasteiger charge is -2.09. The van der Waals surface area contributed by atoms with Crippen molar-refractivity contribution in [2.75, 3.05) is 5.32 Å². The topological polar surface area (TPSA) is 81.3 Å². The average Bonchev–Trinajstić information content (AvgIpc) is 2.99. The first-order valence-electron chi connectivity index (χ1n) is 8.14. The Labute approximate surface area is 142 Å². The number of hydrogen-bond donors (Lipinski definition) is 1. The van der Waals surface area contributed by atoms with Crippen LogP contribution in [0.2, 0.25) is 0 Å². The summed E-state index contributed by atoms with van der Waals surface area (Å²) in [7, 11) is 0. The highest BCUT2D eigenvalue weighted by Gasteiger charge is 2.20. The van der Waals surface area contributed by atoms with E-state index >= 15 is 0 Å². The molecule has 0 saturated carbocycles. The van der Waals surface area contributed by atoms with E-state index in [1.54, 1.807) is 6.07 Å². The minimum Gasteiger partial charge on any atom is -0.322 e. The van der Waals surface area contributed by atoms with Gasteiger partial charge in [-0.3, -0.25) is 9.59 Å². The number of amides is 1. The van der Waals surface area contributed by atoms with Crippen molar-refractivity contribution in [2.24, 2.45) is 0 Å². The summed E-state index contributed by atoms with van der Waals surface area (Å²) in [6.07, 6.45) is 5.17. The molecule has 3 aromatic rings. The number of fused-ring (bicyclic) bond motifs is 3. The second kappa shape index (κ2) is 6.12. The normalized spacial score (nSPS) is 13.6. The van der Waals surface area contributed by atoms with Gasteiger partial charge in [-0.1, -0.05) is 12.1 Å². The summed E-state index contributed by atoms with van der Waals surface area (Å²) < 4.78 is 16.2. The predicted molar refractivity (Wildman–Crippen MR) is 88.9 cm³/mol. The molecule has 2 aromatic heterocycles. The van der Waals surface area contributed by atoms with Gasteiger partial charge in [-0.2, -0.15) is 10.2 Å². The summed E-state index contributed by atoms with van der Waals surface area (Å²) in [6.45, 7) is -0.288. The standard InChI is InChI=1S/C17H16FN5O2/c18-12-6-2-4-8-14(12)20-15(24)9-22-17(25)16-11-5-1-3-7-13(11)21-23(16)10-19-22/h2,4,6,8,10H,1,3,5,7,9H2,(H,20,24). The molecule has 0 bridgehead atoms. The first-order valence-corrected chi connectivity index (χ1v) is 8.14. The second-order valence-corrected chi connectivity index (χ2v) is 6.05. The molecule has 1 aliphatic carbocycles. The van der Waals surface area contributed by atoms with E-state index in [0.29, 0.717) is 5.52 Å². The van der Waals surface area contributed by atoms with Crippen molar-refractivity contribution in [1.29, 1.82) is 0 Å². The first-order chi connectivity index (χ1) is 12.1. The van der Waals surface area contributed by atoms with Gasteiger partial charge in [0.1, 0.15) is 24.2 Å². The zero-order valence-corrected chi connectivity index (χ0v) is 13.4. The smallest absolute Gasteiger partial charge is 0.293 e. The van der Waals surface area contributed by atoms with Crippen LogP contribution in [-0.2, 0) is 24.2 Å². The number of nitrogens with one attached hydrogen (secondary N) is 1. The number of para-hydroxylation sites is 1. The zero-order valence-electron chi connectivity index (χ0n) is 13.4. The summed E-state index contributed by atoms with van der Waals surface area (Å²) in [6, 6.07) is 5.87. The maximum absolute atomic E-state index is 13.6. The molecule has 128 valence electrons. The van der Waals surface area contributed by atoms with Crippen LogP contribution in [0.25, 0.3) is 5.52 Å². The van der Waals surface area contributed by atoms with Crippen LogP contribution in [0.3, 0.4) is 0 Å². The van der Waals surface area contributed by atoms with Gasteiger partial charge >= 0.3 is 0 Å². The summed E-state index contributed by atoms with van der Waals surface area (Å²) in [4.78, 5) is 24.9. The Bertz CT molecular complexity index is 1020. The van der Waals surface area contributed by atoms with Crippen LogP contribution < -0.4 is 10.9 Å². The van der Waals surface area contributed by atoms with E-state index in [9.17, 15) is 14.0 Å². The van der Waals surface area contributed by atoms with E-state index in [1.807, 2.05) is 0 Å². The third-order valence-corrected chi connectivity index (χ3v) is 4.36. The Morgan fingerprint density at radius 3 is 2.88 bits per heavy atom. The number of aromatic nitrogens is 4. The highest BCUT2D eigenvalue weighted by atomic mass is 19.1. The van der Waals surface area contributed by atoms with Gasteiger partial charge in [0.25, 0.3) is 5.56 Å². The molecule has 0 atom stereocenters. The number of hydrogen-bond acceptors (Lipinski definition) is 4. The molecule has 0 fully saturated rings. The van der Waals surface area contributed by atoms with Gasteiger partial charge in [0.2, 0.25) is 5.91 Å². The number of anilines is 1. The van der Waals surface area contributed by atoms with E-state index < -0.39 is 11.7 Å². The molecule has 0 aliphatic heterocycles. The van der Waals surface area contributed by atoms with Gasteiger partial charge < -0.3 is 5.32 Å². The van der Waals surface area contributed by atoms with Crippen molar-refractivity contribution in [3.63, 3.8) is 0 Å². The van der Waals surface area contributed by atoms with Gasteiger partial charge in [0.05, 0.1) is 11.4 Å². The van der Waals surface area contributed by atoms with Crippen molar-refractivity contribution in [3.8, 4) is 0 Å². The molecule has 1 aromatic carbocycles. The zero-order chi connectivity index (χ0) is 17.4. The largest absolute Gasteiger partial charge is 0.322 e. The van der Waals surface area contributed by atoms with Crippen LogP contribution in [0.4, 0.5) is 10.1 Å². The van der Waals surface area contributed by atoms with E-state index in [2.05, 4.69) is 15.5 Å². The molecular weight excluding hydrogens is 325 g/mol. The van der Waals surface area contributed by atoms with Crippen LogP contribution >= 0.6 is 0 Å². The van der Waals surface area contributed by atoms with Crippen molar-refractivity contribution in [1.82, 2.24) is 19.4 Å². The fraction of sp³-hybridized carbons (Fsp3) is 0.294. The molecule has 0 saturated heterocycles. The van der Waals surface area contributed by atoms with Gasteiger partial charge in [0, 0.05) is 5.56 Å². The van der Waals surface area contributed by atoms with Crippen LogP contribution in [0.5, 0.6) is 0 Å².